The smallest absolute Gasteiger partial charge is 0.273 e. The maximum absolute atomic E-state index is 12.5. The van der Waals surface area contributed by atoms with Crippen LogP contribution < -0.4 is 15.0 Å². The largest absolute Gasteiger partial charge is 0.496 e. The summed E-state index contributed by atoms with van der Waals surface area (Å²) in [4.78, 5) is 21.7. The SMILES string of the molecule is COc1ccccc1-c1cc(C(=O)NCc2ccc(N3CCCN(C)CC3)nc2)no1. The Labute approximate surface area is 181 Å². The first-order chi connectivity index (χ1) is 15.1. The average Bonchev–Trinajstić information content (AvgIpc) is 3.20. The molecule has 0 saturated carbocycles. The van der Waals surface area contributed by atoms with Gasteiger partial charge in [-0.1, -0.05) is 23.4 Å². The lowest BCUT2D eigenvalue weighted by Gasteiger charge is -2.21. The number of nitrogens with one attached hydrogen (secondary N) is 1. The Morgan fingerprint density at radius 2 is 2.03 bits per heavy atom. The number of anilines is 1. The van der Waals surface area contributed by atoms with Gasteiger partial charge in [0.2, 0.25) is 0 Å². The van der Waals surface area contributed by atoms with Gasteiger partial charge in [-0.25, -0.2) is 4.98 Å². The normalized spacial score (nSPS) is 14.8. The summed E-state index contributed by atoms with van der Waals surface area (Å²) in [6.45, 7) is 4.50. The van der Waals surface area contributed by atoms with Crippen molar-refractivity contribution in [1.82, 2.24) is 20.4 Å². The number of amides is 1. The molecule has 4 rings (SSSR count). The molecule has 1 aliphatic heterocycles. The lowest BCUT2D eigenvalue weighted by atomic mass is 10.1. The van der Waals surface area contributed by atoms with Gasteiger partial charge in [-0.3, -0.25) is 4.79 Å². The summed E-state index contributed by atoms with van der Waals surface area (Å²) in [5.74, 6) is 1.82. The molecule has 8 nitrogen and oxygen atoms in total. The fourth-order valence-electron chi connectivity index (χ4n) is 3.61. The van der Waals surface area contributed by atoms with E-state index in [0.29, 0.717) is 18.1 Å². The van der Waals surface area contributed by atoms with E-state index in [9.17, 15) is 4.79 Å². The maximum atomic E-state index is 12.5. The van der Waals surface area contributed by atoms with Crippen LogP contribution in [0.5, 0.6) is 5.75 Å². The van der Waals surface area contributed by atoms with Crippen molar-refractivity contribution in [2.45, 2.75) is 13.0 Å². The molecule has 162 valence electrons. The van der Waals surface area contributed by atoms with Gasteiger partial charge in [-0.2, -0.15) is 0 Å². The highest BCUT2D eigenvalue weighted by molar-refractivity contribution is 5.93. The quantitative estimate of drug-likeness (QED) is 0.655. The van der Waals surface area contributed by atoms with Crippen LogP contribution >= 0.6 is 0 Å². The second-order valence-corrected chi connectivity index (χ2v) is 7.63. The minimum atomic E-state index is -0.301. The van der Waals surface area contributed by atoms with E-state index in [-0.39, 0.29) is 11.6 Å². The van der Waals surface area contributed by atoms with Crippen LogP contribution in [0.4, 0.5) is 5.82 Å². The summed E-state index contributed by atoms with van der Waals surface area (Å²) in [5.41, 5.74) is 1.90. The number of nitrogens with zero attached hydrogens (tertiary/aromatic N) is 4. The van der Waals surface area contributed by atoms with Gasteiger partial charge in [0.05, 0.1) is 12.7 Å². The molecule has 0 unspecified atom stereocenters. The molecule has 0 aliphatic carbocycles. The highest BCUT2D eigenvalue weighted by atomic mass is 16.5. The van der Waals surface area contributed by atoms with Crippen LogP contribution in [0.3, 0.4) is 0 Å². The van der Waals surface area contributed by atoms with Gasteiger partial charge in [0, 0.05) is 38.4 Å². The molecular formula is C23H27N5O3. The number of benzene rings is 1. The molecule has 1 saturated heterocycles. The third kappa shape index (κ3) is 5.03. The Kier molecular flexibility index (Phi) is 6.47. The molecular weight excluding hydrogens is 394 g/mol. The zero-order chi connectivity index (χ0) is 21.6. The Balaban J connectivity index is 1.35. The molecule has 0 spiro atoms. The number of rotatable bonds is 6. The third-order valence-corrected chi connectivity index (χ3v) is 5.42. The number of aromatic nitrogens is 2. The molecule has 2 aromatic heterocycles. The molecule has 3 heterocycles. The van der Waals surface area contributed by atoms with Gasteiger partial charge in [0.25, 0.3) is 5.91 Å². The van der Waals surface area contributed by atoms with Crippen LogP contribution in [0.15, 0.2) is 53.2 Å². The minimum Gasteiger partial charge on any atom is -0.496 e. The van der Waals surface area contributed by atoms with Gasteiger partial charge in [-0.15, -0.1) is 0 Å². The molecule has 1 N–H and O–H groups in total. The summed E-state index contributed by atoms with van der Waals surface area (Å²) in [5, 5.41) is 6.77. The lowest BCUT2D eigenvalue weighted by molar-refractivity contribution is 0.0942. The Morgan fingerprint density at radius 3 is 2.84 bits per heavy atom. The number of pyridine rings is 1. The Bertz CT molecular complexity index is 1020. The molecule has 8 heteroatoms. The number of hydrogen-bond donors (Lipinski definition) is 1. The monoisotopic (exact) mass is 421 g/mol. The summed E-state index contributed by atoms with van der Waals surface area (Å²) in [7, 11) is 3.74. The van der Waals surface area contributed by atoms with Gasteiger partial charge < -0.3 is 24.4 Å². The van der Waals surface area contributed by atoms with Crippen molar-refractivity contribution in [3.05, 3.63) is 59.9 Å². The van der Waals surface area contributed by atoms with Crippen molar-refractivity contribution in [1.29, 1.82) is 0 Å². The third-order valence-electron chi connectivity index (χ3n) is 5.42. The van der Waals surface area contributed by atoms with Crippen LogP contribution in [0.1, 0.15) is 22.5 Å². The standard InChI is InChI=1S/C23H27N5O3/c1-27-10-5-11-28(13-12-27)22-9-8-17(15-24-22)16-25-23(29)19-14-21(31-26-19)18-6-3-4-7-20(18)30-2/h3-4,6-9,14-15H,5,10-13,16H2,1-2H3,(H,25,29). The Morgan fingerprint density at radius 1 is 1.16 bits per heavy atom. The molecule has 0 atom stereocenters. The molecule has 1 fully saturated rings. The van der Waals surface area contributed by atoms with Crippen LogP contribution in [0.25, 0.3) is 11.3 Å². The molecule has 0 bridgehead atoms. The zero-order valence-corrected chi connectivity index (χ0v) is 17.9. The Hall–Kier alpha value is -3.39. The van der Waals surface area contributed by atoms with Crippen LogP contribution in [-0.4, -0.2) is 61.3 Å². The first kappa shape index (κ1) is 20.9. The van der Waals surface area contributed by atoms with Gasteiger partial charge >= 0.3 is 0 Å². The van der Waals surface area contributed by atoms with Crippen LogP contribution in [-0.2, 0) is 6.54 Å². The van der Waals surface area contributed by atoms with Crippen molar-refractivity contribution < 1.29 is 14.1 Å². The number of ether oxygens (including phenoxy) is 1. The highest BCUT2D eigenvalue weighted by Crippen LogP contribution is 2.29. The summed E-state index contributed by atoms with van der Waals surface area (Å²) < 4.78 is 10.7. The summed E-state index contributed by atoms with van der Waals surface area (Å²) >= 11 is 0. The predicted molar refractivity (Wildman–Crippen MR) is 118 cm³/mol. The molecule has 31 heavy (non-hydrogen) atoms. The highest BCUT2D eigenvalue weighted by Gasteiger charge is 2.17. The van der Waals surface area contributed by atoms with Crippen molar-refractivity contribution >= 4 is 11.7 Å². The fourth-order valence-corrected chi connectivity index (χ4v) is 3.61. The minimum absolute atomic E-state index is 0.221. The first-order valence-electron chi connectivity index (χ1n) is 10.4. The van der Waals surface area contributed by atoms with E-state index in [1.165, 1.54) is 0 Å². The number of carbonyl (C=O) groups is 1. The lowest BCUT2D eigenvalue weighted by Crippen LogP contribution is -2.29. The fraction of sp³-hybridized carbons (Fsp3) is 0.348. The number of likely N-dealkylation sites (N-methyl/N-ethyl adjacent to an activating group) is 1. The van der Waals surface area contributed by atoms with Crippen LogP contribution in [0, 0.1) is 0 Å². The topological polar surface area (TPSA) is 83.7 Å². The molecule has 1 amide bonds. The van der Waals surface area contributed by atoms with Gasteiger partial charge in [-0.05, 0) is 43.8 Å². The number of carbonyl (C=O) groups excluding carboxylic acids is 1. The second kappa shape index (κ2) is 9.61. The second-order valence-electron chi connectivity index (χ2n) is 7.63. The zero-order valence-electron chi connectivity index (χ0n) is 17.9. The maximum Gasteiger partial charge on any atom is 0.273 e. The van der Waals surface area contributed by atoms with Crippen molar-refractivity contribution in [3.8, 4) is 17.1 Å². The van der Waals surface area contributed by atoms with Crippen molar-refractivity contribution in [2.24, 2.45) is 0 Å². The van der Waals surface area contributed by atoms with E-state index >= 15 is 0 Å². The number of hydrogen-bond acceptors (Lipinski definition) is 7. The number of para-hydroxylation sites is 1. The molecule has 0 radical (unpaired) electrons. The van der Waals surface area contributed by atoms with E-state index in [4.69, 9.17) is 9.26 Å². The van der Waals surface area contributed by atoms with Crippen LogP contribution in [0.2, 0.25) is 0 Å². The van der Waals surface area contributed by atoms with Gasteiger partial charge in [0.1, 0.15) is 11.6 Å². The number of methoxy groups -OCH3 is 1. The van der Waals surface area contributed by atoms with Crippen molar-refractivity contribution in [3.63, 3.8) is 0 Å². The molecule has 3 aromatic rings. The van der Waals surface area contributed by atoms with E-state index in [0.717, 1.165) is 49.5 Å². The predicted octanol–water partition coefficient (Wildman–Crippen LogP) is 2.82. The summed E-state index contributed by atoms with van der Waals surface area (Å²) in [6.07, 6.45) is 2.94. The van der Waals surface area contributed by atoms with Crippen molar-refractivity contribution in [2.75, 3.05) is 45.2 Å². The average molecular weight is 422 g/mol. The van der Waals surface area contributed by atoms with E-state index in [1.54, 1.807) is 13.2 Å². The molecule has 1 aromatic carbocycles. The van der Waals surface area contributed by atoms with E-state index in [2.05, 4.69) is 32.3 Å². The van der Waals surface area contributed by atoms with Gasteiger partial charge in [0.15, 0.2) is 11.5 Å². The summed E-state index contributed by atoms with van der Waals surface area (Å²) in [6, 6.07) is 13.1. The molecule has 1 aliphatic rings. The van der Waals surface area contributed by atoms with E-state index in [1.807, 2.05) is 42.6 Å². The van der Waals surface area contributed by atoms with E-state index < -0.39 is 0 Å². The first-order valence-corrected chi connectivity index (χ1v) is 10.4.